The van der Waals surface area contributed by atoms with Crippen molar-refractivity contribution in [1.29, 1.82) is 0 Å². The highest BCUT2D eigenvalue weighted by atomic mass is 16.8. The smallest absolute Gasteiger partial charge is 0.412 e. The minimum absolute atomic E-state index is 0.0572. The van der Waals surface area contributed by atoms with Crippen LogP contribution < -0.4 is 5.32 Å². The van der Waals surface area contributed by atoms with Crippen molar-refractivity contribution in [3.05, 3.63) is 29.8 Å². The molecule has 0 aliphatic carbocycles. The van der Waals surface area contributed by atoms with E-state index in [0.717, 1.165) is 0 Å². The molecule has 0 atom stereocenters. The van der Waals surface area contributed by atoms with E-state index in [1.807, 2.05) is 0 Å². The molecule has 0 aromatic heterocycles. The number of anilines is 1. The monoisotopic (exact) mass is 297 g/mol. The number of nitrogens with one attached hydrogen (secondary N) is 1. The average Bonchev–Trinajstić information content (AvgIpc) is 2.36. The van der Waals surface area contributed by atoms with Gasteiger partial charge in [0.25, 0.3) is 5.78 Å². The second-order valence-corrected chi connectivity index (χ2v) is 5.22. The number of ketones is 1. The molecule has 1 amide bonds. The van der Waals surface area contributed by atoms with Crippen molar-refractivity contribution in [2.75, 3.05) is 11.9 Å². The molecular weight excluding hydrogens is 278 g/mol. The number of rotatable bonds is 4. The summed E-state index contributed by atoms with van der Waals surface area (Å²) in [5.41, 5.74) is -0.406. The van der Waals surface area contributed by atoms with Gasteiger partial charge in [-0.15, -0.1) is 0 Å². The SMILES string of the molecule is CCO[14C](=O)[14C](=O)c1ccccc1NC(=O)OC(C)(C)C. The molecule has 0 fully saturated rings. The zero-order chi connectivity index (χ0) is 16.0. The van der Waals surface area contributed by atoms with Gasteiger partial charge < -0.3 is 9.47 Å². The Morgan fingerprint density at radius 1 is 1.24 bits per heavy atom. The van der Waals surface area contributed by atoms with E-state index < -0.39 is 23.4 Å². The van der Waals surface area contributed by atoms with Crippen molar-refractivity contribution in [2.45, 2.75) is 33.3 Å². The Kier molecular flexibility index (Phi) is 5.46. The van der Waals surface area contributed by atoms with Crippen molar-refractivity contribution >= 4 is 23.5 Å². The van der Waals surface area contributed by atoms with Gasteiger partial charge in [0.2, 0.25) is 0 Å². The number of hydrogen-bond acceptors (Lipinski definition) is 5. The molecule has 1 rings (SSSR count). The minimum atomic E-state index is -0.962. The fourth-order valence-corrected chi connectivity index (χ4v) is 1.51. The molecule has 0 aliphatic rings. The number of carbonyl (C=O) groups is 3. The minimum Gasteiger partial charge on any atom is -0.460 e. The molecule has 21 heavy (non-hydrogen) atoms. The predicted octanol–water partition coefficient (Wildman–Crippen LogP) is 2.78. The van der Waals surface area contributed by atoms with Gasteiger partial charge in [-0.2, -0.15) is 0 Å². The Bertz CT molecular complexity index is 545. The van der Waals surface area contributed by atoms with Crippen molar-refractivity contribution in [3.8, 4) is 0 Å². The van der Waals surface area contributed by atoms with Gasteiger partial charge in [0.1, 0.15) is 5.60 Å². The highest BCUT2D eigenvalue weighted by Gasteiger charge is 2.23. The average molecular weight is 297 g/mol. The Hall–Kier alpha value is -2.37. The van der Waals surface area contributed by atoms with E-state index in [1.54, 1.807) is 39.8 Å². The van der Waals surface area contributed by atoms with Gasteiger partial charge in [0.15, 0.2) is 0 Å². The normalized spacial score (nSPS) is 10.7. The second kappa shape index (κ2) is 6.88. The van der Waals surface area contributed by atoms with Crippen LogP contribution in [0.15, 0.2) is 24.3 Å². The molecule has 6 heteroatoms. The number of ether oxygens (including phenoxy) is 2. The van der Waals surface area contributed by atoms with E-state index in [9.17, 15) is 14.4 Å². The number of Topliss-reactive ketones (excluding diaryl/α,β-unsaturated/α-hetero) is 1. The maximum absolute atomic E-state index is 12.0. The van der Waals surface area contributed by atoms with Gasteiger partial charge in [0, 0.05) is 0 Å². The Morgan fingerprint density at radius 3 is 2.43 bits per heavy atom. The summed E-state index contributed by atoms with van der Waals surface area (Å²) in [5.74, 6) is -1.78. The van der Waals surface area contributed by atoms with Crippen LogP contribution in [-0.4, -0.2) is 30.1 Å². The van der Waals surface area contributed by atoms with Crippen molar-refractivity contribution < 1.29 is 23.9 Å². The summed E-state index contributed by atoms with van der Waals surface area (Å²) in [6.45, 7) is 6.88. The number of benzene rings is 1. The summed E-state index contributed by atoms with van der Waals surface area (Å²) in [5, 5.41) is 2.46. The van der Waals surface area contributed by atoms with Crippen LogP contribution in [0.4, 0.5) is 10.5 Å². The van der Waals surface area contributed by atoms with Crippen LogP contribution in [0.25, 0.3) is 0 Å². The third-order valence-electron chi connectivity index (χ3n) is 2.27. The lowest BCUT2D eigenvalue weighted by molar-refractivity contribution is -0.137. The summed E-state index contributed by atoms with van der Waals surface area (Å²) < 4.78 is 9.77. The van der Waals surface area contributed by atoms with Crippen LogP contribution in [0, 0.1) is 0 Å². The van der Waals surface area contributed by atoms with Crippen LogP contribution in [0.1, 0.15) is 38.1 Å². The molecule has 1 aromatic carbocycles. The van der Waals surface area contributed by atoms with E-state index in [2.05, 4.69) is 10.1 Å². The predicted molar refractivity (Wildman–Crippen MR) is 77.3 cm³/mol. The van der Waals surface area contributed by atoms with E-state index in [4.69, 9.17) is 4.74 Å². The van der Waals surface area contributed by atoms with E-state index in [-0.39, 0.29) is 17.9 Å². The third-order valence-corrected chi connectivity index (χ3v) is 2.27. The molecule has 0 saturated heterocycles. The van der Waals surface area contributed by atoms with Crippen LogP contribution in [-0.2, 0) is 14.3 Å². The van der Waals surface area contributed by atoms with Crippen molar-refractivity contribution in [2.24, 2.45) is 0 Å². The van der Waals surface area contributed by atoms with Gasteiger partial charge in [0.05, 0.1) is 17.9 Å². The molecule has 114 valence electrons. The molecule has 1 N–H and O–H groups in total. The summed E-state index contributed by atoms with van der Waals surface area (Å²) in [6, 6.07) is 6.17. The second-order valence-electron chi connectivity index (χ2n) is 5.22. The van der Waals surface area contributed by atoms with Crippen LogP contribution in [0.3, 0.4) is 0 Å². The van der Waals surface area contributed by atoms with Crippen molar-refractivity contribution in [1.82, 2.24) is 0 Å². The largest absolute Gasteiger partial charge is 0.460 e. The molecule has 0 radical (unpaired) electrons. The van der Waals surface area contributed by atoms with Gasteiger partial charge >= 0.3 is 12.1 Å². The van der Waals surface area contributed by atoms with Crippen LogP contribution in [0.2, 0.25) is 0 Å². The maximum atomic E-state index is 12.0. The fraction of sp³-hybridized carbons (Fsp3) is 0.400. The van der Waals surface area contributed by atoms with Crippen LogP contribution in [0.5, 0.6) is 0 Å². The first-order valence-corrected chi connectivity index (χ1v) is 6.55. The lowest BCUT2D eigenvalue weighted by Gasteiger charge is -2.20. The molecule has 0 heterocycles. The molecule has 0 saturated carbocycles. The van der Waals surface area contributed by atoms with E-state index in [0.29, 0.717) is 0 Å². The summed E-state index contributed by atoms with van der Waals surface area (Å²) in [7, 11) is 0. The lowest BCUT2D eigenvalue weighted by Crippen LogP contribution is -2.28. The number of amides is 1. The summed E-state index contributed by atoms with van der Waals surface area (Å²) in [6.07, 6.45) is -0.702. The molecule has 0 aliphatic heterocycles. The Labute approximate surface area is 123 Å². The zero-order valence-electron chi connectivity index (χ0n) is 12.6. The molecule has 0 bridgehead atoms. The first-order chi connectivity index (χ1) is 9.74. The maximum Gasteiger partial charge on any atom is 0.412 e. The van der Waals surface area contributed by atoms with Gasteiger partial charge in [-0.25, -0.2) is 9.59 Å². The van der Waals surface area contributed by atoms with E-state index in [1.165, 1.54) is 12.1 Å². The first-order valence-electron chi connectivity index (χ1n) is 6.55. The molecule has 0 unspecified atom stereocenters. The number of carbonyl (C=O) groups excluding carboxylic acids is 3. The Balaban J connectivity index is 2.92. The standard InChI is InChI=1S/C15H19NO5/c1-5-20-13(18)12(17)10-8-6-7-9-11(10)16-14(19)21-15(2,3)4/h6-9H,5H2,1-4H3,(H,16,19)/i12+2,13+2. The highest BCUT2D eigenvalue weighted by Crippen LogP contribution is 2.18. The molecule has 6 nitrogen and oxygen atoms in total. The molecule has 1 aromatic rings. The van der Waals surface area contributed by atoms with Gasteiger partial charge in [-0.1, -0.05) is 12.1 Å². The zero-order valence-corrected chi connectivity index (χ0v) is 12.6. The third kappa shape index (κ3) is 5.25. The van der Waals surface area contributed by atoms with Crippen molar-refractivity contribution in [3.63, 3.8) is 0 Å². The quantitative estimate of drug-likeness (QED) is 0.525. The highest BCUT2D eigenvalue weighted by molar-refractivity contribution is 6.42. The van der Waals surface area contributed by atoms with Gasteiger partial charge in [-0.3, -0.25) is 10.1 Å². The lowest BCUT2D eigenvalue weighted by atomic mass is 10.2. The fourth-order valence-electron chi connectivity index (χ4n) is 1.51. The van der Waals surface area contributed by atoms with Crippen LogP contribution >= 0.6 is 0 Å². The molecule has 0 spiro atoms. The van der Waals surface area contributed by atoms with E-state index >= 15 is 0 Å². The molecular formula is C15H19NO5. The topological polar surface area (TPSA) is 81.7 Å². The van der Waals surface area contributed by atoms with Gasteiger partial charge in [-0.05, 0) is 39.8 Å². The summed E-state index contributed by atoms with van der Waals surface area (Å²) >= 11 is 0. The first kappa shape index (κ1) is 16.7. The summed E-state index contributed by atoms with van der Waals surface area (Å²) in [4.78, 5) is 35.2. The number of esters is 1. The Morgan fingerprint density at radius 2 is 1.86 bits per heavy atom. The number of para-hydroxylation sites is 1. The number of hydrogen-bond donors (Lipinski definition) is 1.